The molecule has 0 fully saturated rings. The smallest absolute Gasteiger partial charge is 0.266 e. The molecule has 0 radical (unpaired) electrons. The molecule has 1 aromatic carbocycles. The first kappa shape index (κ1) is 17.7. The third kappa shape index (κ3) is 3.18. The Labute approximate surface area is 168 Å². The Kier molecular flexibility index (Phi) is 4.83. The lowest BCUT2D eigenvalue weighted by molar-refractivity contribution is 0.103. The largest absolute Gasteiger partial charge is 0.321 e. The second-order valence-corrected chi connectivity index (χ2v) is 8.74. The molecule has 1 N–H and O–H groups in total. The van der Waals surface area contributed by atoms with Gasteiger partial charge in [0.15, 0.2) is 0 Å². The van der Waals surface area contributed by atoms with Crippen LogP contribution in [0.25, 0.3) is 10.2 Å². The molecule has 1 aliphatic rings. The molecule has 26 heavy (non-hydrogen) atoms. The molecular formula is C19H18IN3O2S. The van der Waals surface area contributed by atoms with Crippen LogP contribution in [-0.4, -0.2) is 15.5 Å². The number of anilines is 1. The highest BCUT2D eigenvalue weighted by Crippen LogP contribution is 2.29. The molecule has 0 atom stereocenters. The van der Waals surface area contributed by atoms with Gasteiger partial charge in [0.05, 0.1) is 10.3 Å². The summed E-state index contributed by atoms with van der Waals surface area (Å²) < 4.78 is 2.91. The summed E-state index contributed by atoms with van der Waals surface area (Å²) >= 11 is 3.54. The van der Waals surface area contributed by atoms with Gasteiger partial charge in [0, 0.05) is 22.2 Å². The van der Waals surface area contributed by atoms with Gasteiger partial charge in [-0.1, -0.05) is 6.42 Å². The lowest BCUT2D eigenvalue weighted by Gasteiger charge is -2.08. The molecule has 2 aromatic heterocycles. The molecule has 0 saturated heterocycles. The summed E-state index contributed by atoms with van der Waals surface area (Å²) in [5.41, 5.74) is 1.46. The third-order valence-electron chi connectivity index (χ3n) is 4.72. The number of aryl methyl sites for hydroxylation is 2. The first-order chi connectivity index (χ1) is 12.5. The Morgan fingerprint density at radius 3 is 2.77 bits per heavy atom. The van der Waals surface area contributed by atoms with Gasteiger partial charge < -0.3 is 5.32 Å². The van der Waals surface area contributed by atoms with E-state index in [4.69, 9.17) is 4.98 Å². The molecule has 7 heteroatoms. The Morgan fingerprint density at radius 1 is 1.23 bits per heavy atom. The highest BCUT2D eigenvalue weighted by atomic mass is 127. The Hall–Kier alpha value is -1.74. The van der Waals surface area contributed by atoms with E-state index in [1.165, 1.54) is 11.3 Å². The maximum atomic E-state index is 13.0. The lowest BCUT2D eigenvalue weighted by atomic mass is 10.2. The van der Waals surface area contributed by atoms with E-state index >= 15 is 0 Å². The van der Waals surface area contributed by atoms with Crippen LogP contribution >= 0.6 is 33.9 Å². The van der Waals surface area contributed by atoms with Crippen LogP contribution in [0.3, 0.4) is 0 Å². The minimum atomic E-state index is -0.189. The van der Waals surface area contributed by atoms with Gasteiger partial charge in [-0.2, -0.15) is 0 Å². The number of aromatic nitrogens is 2. The van der Waals surface area contributed by atoms with E-state index in [2.05, 4.69) is 27.9 Å². The molecule has 0 aliphatic carbocycles. The molecule has 0 unspecified atom stereocenters. The number of amides is 1. The second kappa shape index (κ2) is 7.11. The number of hydrogen-bond donors (Lipinski definition) is 1. The fraction of sp³-hybridized carbons (Fsp3) is 0.316. The van der Waals surface area contributed by atoms with Gasteiger partial charge in [0.2, 0.25) is 0 Å². The summed E-state index contributed by atoms with van der Waals surface area (Å²) in [5.74, 6) is 0.664. The van der Waals surface area contributed by atoms with Gasteiger partial charge in [-0.05, 0) is 72.2 Å². The van der Waals surface area contributed by atoms with E-state index in [0.717, 1.165) is 52.9 Å². The van der Waals surface area contributed by atoms with Crippen molar-refractivity contribution in [1.29, 1.82) is 0 Å². The third-order valence-corrected chi connectivity index (χ3v) is 6.62. The molecule has 0 saturated carbocycles. The maximum Gasteiger partial charge on any atom is 0.266 e. The summed E-state index contributed by atoms with van der Waals surface area (Å²) in [6.07, 6.45) is 4.01. The number of nitrogens with zero attached hydrogens (tertiary/aromatic N) is 2. The van der Waals surface area contributed by atoms with Gasteiger partial charge in [-0.3, -0.25) is 14.2 Å². The number of carbonyl (C=O) groups excluding carboxylic acids is 1. The topological polar surface area (TPSA) is 64.0 Å². The summed E-state index contributed by atoms with van der Waals surface area (Å²) in [7, 11) is 0. The van der Waals surface area contributed by atoms with Crippen LogP contribution in [-0.2, 0) is 13.0 Å². The van der Waals surface area contributed by atoms with Crippen molar-refractivity contribution in [3.8, 4) is 0 Å². The highest BCUT2D eigenvalue weighted by Gasteiger charge is 2.22. The number of thiophene rings is 1. The normalized spacial score (nSPS) is 14.1. The van der Waals surface area contributed by atoms with Gasteiger partial charge >= 0.3 is 0 Å². The van der Waals surface area contributed by atoms with Crippen molar-refractivity contribution in [1.82, 2.24) is 9.55 Å². The fourth-order valence-electron chi connectivity index (χ4n) is 3.35. The Bertz CT molecular complexity index is 1050. The van der Waals surface area contributed by atoms with Crippen LogP contribution in [0.5, 0.6) is 0 Å². The molecule has 3 aromatic rings. The van der Waals surface area contributed by atoms with E-state index < -0.39 is 0 Å². The molecule has 1 amide bonds. The number of hydrogen-bond acceptors (Lipinski definition) is 4. The maximum absolute atomic E-state index is 13.0. The van der Waals surface area contributed by atoms with Crippen molar-refractivity contribution in [3.63, 3.8) is 0 Å². The zero-order valence-corrected chi connectivity index (χ0v) is 17.3. The average Bonchev–Trinajstić information content (AvgIpc) is 2.80. The lowest BCUT2D eigenvalue weighted by Crippen LogP contribution is -2.24. The monoisotopic (exact) mass is 479 g/mol. The number of nitrogens with one attached hydrogen (secondary N) is 1. The zero-order valence-electron chi connectivity index (χ0n) is 14.3. The van der Waals surface area contributed by atoms with Crippen LogP contribution in [0.4, 0.5) is 5.69 Å². The minimum Gasteiger partial charge on any atom is -0.321 e. The van der Waals surface area contributed by atoms with Crippen LogP contribution in [0.1, 0.15) is 40.3 Å². The highest BCUT2D eigenvalue weighted by molar-refractivity contribution is 14.1. The number of halogens is 1. The summed E-state index contributed by atoms with van der Waals surface area (Å²) in [4.78, 5) is 31.7. The molecule has 1 aliphatic heterocycles. The Balaban J connectivity index is 1.75. The SMILES string of the molecule is Cc1c(C(=O)Nc2ccc(I)cc2)sc2nc3n(c(=O)c12)CCCCC3. The van der Waals surface area contributed by atoms with Gasteiger partial charge in [0.1, 0.15) is 10.7 Å². The summed E-state index contributed by atoms with van der Waals surface area (Å²) in [6.45, 7) is 2.56. The zero-order chi connectivity index (χ0) is 18.3. The van der Waals surface area contributed by atoms with Gasteiger partial charge in [-0.25, -0.2) is 4.98 Å². The van der Waals surface area contributed by atoms with Crippen LogP contribution < -0.4 is 10.9 Å². The van der Waals surface area contributed by atoms with E-state index in [9.17, 15) is 9.59 Å². The standard InChI is InChI=1S/C19H18IN3O2S/c1-11-15-18(22-14-5-3-2-4-10-23(14)19(15)25)26-16(11)17(24)21-13-8-6-12(20)7-9-13/h6-9H,2-5,10H2,1H3,(H,21,24). The molecule has 5 nitrogen and oxygen atoms in total. The first-order valence-electron chi connectivity index (χ1n) is 8.64. The molecular weight excluding hydrogens is 461 g/mol. The molecule has 0 bridgehead atoms. The molecule has 0 spiro atoms. The van der Waals surface area contributed by atoms with Gasteiger partial charge in [0.25, 0.3) is 11.5 Å². The Morgan fingerprint density at radius 2 is 2.00 bits per heavy atom. The fourth-order valence-corrected chi connectivity index (χ4v) is 4.79. The number of rotatable bonds is 2. The molecule has 3 heterocycles. The first-order valence-corrected chi connectivity index (χ1v) is 10.5. The average molecular weight is 479 g/mol. The van der Waals surface area contributed by atoms with Crippen LogP contribution in [0.2, 0.25) is 0 Å². The van der Waals surface area contributed by atoms with Crippen LogP contribution in [0, 0.1) is 10.5 Å². The number of benzene rings is 1. The van der Waals surface area contributed by atoms with Crippen LogP contribution in [0.15, 0.2) is 29.1 Å². The summed E-state index contributed by atoms with van der Waals surface area (Å²) in [5, 5.41) is 3.51. The van der Waals surface area contributed by atoms with Gasteiger partial charge in [-0.15, -0.1) is 11.3 Å². The van der Waals surface area contributed by atoms with E-state index in [1.807, 2.05) is 31.2 Å². The predicted octanol–water partition coefficient (Wildman–Crippen LogP) is 4.35. The van der Waals surface area contributed by atoms with Crippen molar-refractivity contribution in [2.75, 3.05) is 5.32 Å². The van der Waals surface area contributed by atoms with E-state index in [1.54, 1.807) is 4.57 Å². The van der Waals surface area contributed by atoms with Crippen molar-refractivity contribution in [2.24, 2.45) is 0 Å². The minimum absolute atomic E-state index is 0.00559. The molecule has 134 valence electrons. The summed E-state index contributed by atoms with van der Waals surface area (Å²) in [6, 6.07) is 7.63. The molecule has 4 rings (SSSR count). The van der Waals surface area contributed by atoms with Crippen molar-refractivity contribution in [3.05, 3.63) is 54.5 Å². The van der Waals surface area contributed by atoms with Crippen molar-refractivity contribution < 1.29 is 4.79 Å². The van der Waals surface area contributed by atoms with Crippen molar-refractivity contribution >= 4 is 55.7 Å². The van der Waals surface area contributed by atoms with Crippen molar-refractivity contribution in [2.45, 2.75) is 39.2 Å². The number of fused-ring (bicyclic) bond motifs is 2. The second-order valence-electron chi connectivity index (χ2n) is 6.49. The van der Waals surface area contributed by atoms with E-state index in [0.29, 0.717) is 15.1 Å². The quantitative estimate of drug-likeness (QED) is 0.556. The van der Waals surface area contributed by atoms with E-state index in [-0.39, 0.29) is 11.5 Å². The number of carbonyl (C=O) groups is 1. The predicted molar refractivity (Wildman–Crippen MR) is 113 cm³/mol.